The van der Waals surface area contributed by atoms with Crippen molar-refractivity contribution in [2.24, 2.45) is 5.10 Å². The topological polar surface area (TPSA) is 75.6 Å². The molecule has 1 heterocycles. The zero-order valence-corrected chi connectivity index (χ0v) is 12.5. The number of nitrogens with one attached hydrogen (secondary N) is 2. The Hall–Kier alpha value is -2.89. The molecule has 0 aliphatic carbocycles. The maximum atomic E-state index is 11.9. The second kappa shape index (κ2) is 7.78. The number of ether oxygens (including phenoxy) is 1. The monoisotopic (exact) mass is 298 g/mol. The Balaban J connectivity index is 1.85. The second-order valence-corrected chi connectivity index (χ2v) is 4.61. The number of hydrogen-bond acceptors (Lipinski definition) is 5. The molecule has 1 atom stereocenters. The first kappa shape index (κ1) is 15.5. The zero-order valence-electron chi connectivity index (χ0n) is 12.5. The maximum absolute atomic E-state index is 11.9. The van der Waals surface area contributed by atoms with E-state index in [0.29, 0.717) is 0 Å². The lowest BCUT2D eigenvalue weighted by molar-refractivity contribution is -0.121. The number of aromatic nitrogens is 1. The number of carbonyl (C=O) groups is 1. The summed E-state index contributed by atoms with van der Waals surface area (Å²) in [6.45, 7) is 1.77. The van der Waals surface area contributed by atoms with Gasteiger partial charge in [-0.2, -0.15) is 5.10 Å². The van der Waals surface area contributed by atoms with E-state index in [4.69, 9.17) is 4.74 Å². The molecule has 0 saturated carbocycles. The number of nitrogens with zero attached hydrogens (tertiary/aromatic N) is 2. The van der Waals surface area contributed by atoms with Gasteiger partial charge in [-0.3, -0.25) is 9.78 Å². The van der Waals surface area contributed by atoms with E-state index in [2.05, 4.69) is 20.8 Å². The smallest absolute Gasteiger partial charge is 0.262 e. The molecule has 0 saturated heterocycles. The van der Waals surface area contributed by atoms with Crippen molar-refractivity contribution in [1.29, 1.82) is 0 Å². The van der Waals surface area contributed by atoms with Crippen LogP contribution in [0.15, 0.2) is 53.9 Å². The molecule has 0 aliphatic rings. The quantitative estimate of drug-likeness (QED) is 0.632. The van der Waals surface area contributed by atoms with Crippen LogP contribution in [-0.2, 0) is 4.79 Å². The zero-order chi connectivity index (χ0) is 15.8. The summed E-state index contributed by atoms with van der Waals surface area (Å²) in [4.78, 5) is 15.8. The van der Waals surface area contributed by atoms with Gasteiger partial charge < -0.3 is 10.1 Å². The largest absolute Gasteiger partial charge is 0.497 e. The highest BCUT2D eigenvalue weighted by Gasteiger charge is 2.11. The normalized spacial score (nSPS) is 11.9. The summed E-state index contributed by atoms with van der Waals surface area (Å²) >= 11 is 0. The first-order valence-electron chi connectivity index (χ1n) is 6.82. The van der Waals surface area contributed by atoms with Crippen molar-refractivity contribution >= 4 is 17.8 Å². The standard InChI is InChI=1S/C16H18N4O2/c1-12(19-14-3-5-15(22-2)6-4-14)16(21)20-18-11-13-7-9-17-10-8-13/h3-12,19H,1-2H3,(H,20,21). The summed E-state index contributed by atoms with van der Waals surface area (Å²) < 4.78 is 5.09. The van der Waals surface area contributed by atoms with Gasteiger partial charge in [-0.25, -0.2) is 5.43 Å². The van der Waals surface area contributed by atoms with Gasteiger partial charge in [0.2, 0.25) is 0 Å². The van der Waals surface area contributed by atoms with Gasteiger partial charge >= 0.3 is 0 Å². The number of carbonyl (C=O) groups excluding carboxylic acids is 1. The van der Waals surface area contributed by atoms with Crippen LogP contribution >= 0.6 is 0 Å². The van der Waals surface area contributed by atoms with Crippen LogP contribution < -0.4 is 15.5 Å². The molecule has 0 bridgehead atoms. The van der Waals surface area contributed by atoms with Crippen LogP contribution in [0, 0.1) is 0 Å². The molecule has 1 amide bonds. The SMILES string of the molecule is COc1ccc(NC(C)C(=O)NN=Cc2ccncc2)cc1. The van der Waals surface area contributed by atoms with Gasteiger partial charge in [0, 0.05) is 18.1 Å². The van der Waals surface area contributed by atoms with E-state index in [1.165, 1.54) is 0 Å². The molecule has 0 fully saturated rings. The van der Waals surface area contributed by atoms with Crippen molar-refractivity contribution in [2.45, 2.75) is 13.0 Å². The average Bonchev–Trinajstić information content (AvgIpc) is 2.56. The molecule has 6 nitrogen and oxygen atoms in total. The highest BCUT2D eigenvalue weighted by molar-refractivity contribution is 5.86. The summed E-state index contributed by atoms with van der Waals surface area (Å²) in [5.74, 6) is 0.547. The average molecular weight is 298 g/mol. The van der Waals surface area contributed by atoms with Crippen LogP contribution in [0.25, 0.3) is 0 Å². The summed E-state index contributed by atoms with van der Waals surface area (Å²) in [5.41, 5.74) is 4.20. The number of pyridine rings is 1. The molecule has 2 aromatic rings. The van der Waals surface area contributed by atoms with E-state index < -0.39 is 6.04 Å². The van der Waals surface area contributed by atoms with Crippen molar-refractivity contribution in [2.75, 3.05) is 12.4 Å². The molecule has 114 valence electrons. The van der Waals surface area contributed by atoms with E-state index in [0.717, 1.165) is 17.0 Å². The van der Waals surface area contributed by atoms with E-state index in [1.54, 1.807) is 44.8 Å². The fraction of sp³-hybridized carbons (Fsp3) is 0.188. The van der Waals surface area contributed by atoms with Crippen LogP contribution in [-0.4, -0.2) is 30.3 Å². The number of rotatable bonds is 6. The number of anilines is 1. The van der Waals surface area contributed by atoms with Gasteiger partial charge in [0.05, 0.1) is 13.3 Å². The van der Waals surface area contributed by atoms with Crippen molar-refractivity contribution < 1.29 is 9.53 Å². The minimum Gasteiger partial charge on any atom is -0.497 e. The number of benzene rings is 1. The Morgan fingerprint density at radius 3 is 2.55 bits per heavy atom. The van der Waals surface area contributed by atoms with Gasteiger partial charge in [0.15, 0.2) is 0 Å². The van der Waals surface area contributed by atoms with Crippen LogP contribution in [0.3, 0.4) is 0 Å². The summed E-state index contributed by atoms with van der Waals surface area (Å²) in [6, 6.07) is 10.5. The number of amides is 1. The molecule has 1 aromatic heterocycles. The lowest BCUT2D eigenvalue weighted by atomic mass is 10.2. The summed E-state index contributed by atoms with van der Waals surface area (Å²) in [5, 5.41) is 7.01. The third-order valence-corrected chi connectivity index (χ3v) is 2.96. The molecule has 1 unspecified atom stereocenters. The third-order valence-electron chi connectivity index (χ3n) is 2.96. The van der Waals surface area contributed by atoms with Crippen molar-refractivity contribution in [3.63, 3.8) is 0 Å². The lowest BCUT2D eigenvalue weighted by Gasteiger charge is -2.13. The molecule has 1 aromatic carbocycles. The lowest BCUT2D eigenvalue weighted by Crippen LogP contribution is -2.34. The number of hydrazone groups is 1. The van der Waals surface area contributed by atoms with Crippen LogP contribution in [0.1, 0.15) is 12.5 Å². The highest BCUT2D eigenvalue weighted by atomic mass is 16.5. The Labute approximate surface area is 129 Å². The van der Waals surface area contributed by atoms with Gasteiger partial charge in [-0.05, 0) is 48.9 Å². The Bertz CT molecular complexity index is 626. The van der Waals surface area contributed by atoms with Crippen molar-refractivity contribution in [3.8, 4) is 5.75 Å². The molecular weight excluding hydrogens is 280 g/mol. The Morgan fingerprint density at radius 1 is 1.23 bits per heavy atom. The predicted octanol–water partition coefficient (Wildman–Crippen LogP) is 2.04. The van der Waals surface area contributed by atoms with E-state index in [-0.39, 0.29) is 5.91 Å². The molecule has 0 aliphatic heterocycles. The molecule has 2 N–H and O–H groups in total. The third kappa shape index (κ3) is 4.59. The molecule has 0 spiro atoms. The molecule has 0 radical (unpaired) electrons. The second-order valence-electron chi connectivity index (χ2n) is 4.61. The number of methoxy groups -OCH3 is 1. The van der Waals surface area contributed by atoms with Crippen LogP contribution in [0.4, 0.5) is 5.69 Å². The molecular formula is C16H18N4O2. The Kier molecular flexibility index (Phi) is 5.48. The van der Waals surface area contributed by atoms with Gasteiger partial charge in [-0.15, -0.1) is 0 Å². The van der Waals surface area contributed by atoms with E-state index >= 15 is 0 Å². The Morgan fingerprint density at radius 2 is 1.91 bits per heavy atom. The van der Waals surface area contributed by atoms with E-state index in [1.807, 2.05) is 24.3 Å². The molecule has 22 heavy (non-hydrogen) atoms. The fourth-order valence-electron chi connectivity index (χ4n) is 1.72. The molecule has 2 rings (SSSR count). The minimum absolute atomic E-state index is 0.221. The fourth-order valence-corrected chi connectivity index (χ4v) is 1.72. The van der Waals surface area contributed by atoms with Crippen LogP contribution in [0.5, 0.6) is 5.75 Å². The van der Waals surface area contributed by atoms with E-state index in [9.17, 15) is 4.79 Å². The van der Waals surface area contributed by atoms with Crippen molar-refractivity contribution in [1.82, 2.24) is 10.4 Å². The summed E-state index contributed by atoms with van der Waals surface area (Å²) in [7, 11) is 1.61. The van der Waals surface area contributed by atoms with Gasteiger partial charge in [0.25, 0.3) is 5.91 Å². The number of hydrogen-bond donors (Lipinski definition) is 2. The maximum Gasteiger partial charge on any atom is 0.262 e. The first-order chi connectivity index (χ1) is 10.7. The summed E-state index contributed by atoms with van der Waals surface area (Å²) in [6.07, 6.45) is 4.90. The van der Waals surface area contributed by atoms with Crippen LogP contribution in [0.2, 0.25) is 0 Å². The van der Waals surface area contributed by atoms with Gasteiger partial charge in [-0.1, -0.05) is 0 Å². The first-order valence-corrected chi connectivity index (χ1v) is 6.82. The predicted molar refractivity (Wildman–Crippen MR) is 86.1 cm³/mol. The highest BCUT2D eigenvalue weighted by Crippen LogP contribution is 2.15. The van der Waals surface area contributed by atoms with Crippen molar-refractivity contribution in [3.05, 3.63) is 54.4 Å². The van der Waals surface area contributed by atoms with Gasteiger partial charge in [0.1, 0.15) is 11.8 Å². The molecule has 6 heteroatoms. The minimum atomic E-state index is -0.414.